The van der Waals surface area contributed by atoms with Crippen molar-refractivity contribution in [3.8, 4) is 5.75 Å². The molecule has 0 radical (unpaired) electrons. The van der Waals surface area contributed by atoms with E-state index in [1.165, 1.54) is 24.3 Å². The van der Waals surface area contributed by atoms with E-state index in [9.17, 15) is 22.8 Å². The van der Waals surface area contributed by atoms with Crippen molar-refractivity contribution in [2.45, 2.75) is 25.6 Å². The molecule has 0 saturated carbocycles. The molecule has 2 N–H and O–H groups in total. The molecule has 0 spiro atoms. The number of carbonyl (C=O) groups is 2. The van der Waals surface area contributed by atoms with Crippen LogP contribution in [0.25, 0.3) is 0 Å². The lowest BCUT2D eigenvalue weighted by Crippen LogP contribution is -2.26. The molecule has 0 aliphatic rings. The Balaban J connectivity index is 2.30. The average Bonchev–Trinajstić information content (AvgIpc) is 2.60. The Morgan fingerprint density at radius 1 is 1.22 bits per heavy atom. The van der Waals surface area contributed by atoms with Gasteiger partial charge in [0.15, 0.2) is 6.10 Å². The number of hydrogen-bond donors (Lipinski definition) is 2. The molecule has 1 unspecified atom stereocenters. The first-order valence-corrected chi connectivity index (χ1v) is 8.17. The summed E-state index contributed by atoms with van der Waals surface area (Å²) in [5, 5.41) is 11.7. The van der Waals surface area contributed by atoms with Gasteiger partial charge in [0.1, 0.15) is 5.75 Å². The van der Waals surface area contributed by atoms with E-state index in [0.717, 1.165) is 12.1 Å². The summed E-state index contributed by atoms with van der Waals surface area (Å²) in [5.41, 5.74) is -1.14. The van der Waals surface area contributed by atoms with E-state index in [1.807, 2.05) is 0 Å². The number of carboxylic acids is 1. The first kappa shape index (κ1) is 20.6. The van der Waals surface area contributed by atoms with Gasteiger partial charge in [0, 0.05) is 10.6 Å². The number of nitrogens with one attached hydrogen (secondary N) is 1. The van der Waals surface area contributed by atoms with E-state index in [-0.39, 0.29) is 28.4 Å². The molecule has 0 aliphatic carbocycles. The number of halogens is 4. The summed E-state index contributed by atoms with van der Waals surface area (Å²) in [4.78, 5) is 23.5. The highest BCUT2D eigenvalue weighted by atomic mass is 35.5. The van der Waals surface area contributed by atoms with E-state index < -0.39 is 29.7 Å². The highest BCUT2D eigenvalue weighted by Crippen LogP contribution is 2.32. The van der Waals surface area contributed by atoms with Crippen molar-refractivity contribution in [3.63, 3.8) is 0 Å². The van der Waals surface area contributed by atoms with Crippen LogP contribution in [0.1, 0.15) is 29.3 Å². The maximum absolute atomic E-state index is 12.8. The third-order valence-corrected chi connectivity index (χ3v) is 3.79. The van der Waals surface area contributed by atoms with Crippen molar-refractivity contribution in [2.75, 3.05) is 5.32 Å². The number of hydrogen-bond acceptors (Lipinski definition) is 3. The zero-order chi connectivity index (χ0) is 20.2. The maximum Gasteiger partial charge on any atom is 0.416 e. The van der Waals surface area contributed by atoms with Gasteiger partial charge in [-0.3, -0.25) is 4.79 Å². The quantitative estimate of drug-likeness (QED) is 0.725. The van der Waals surface area contributed by atoms with Gasteiger partial charge in [-0.2, -0.15) is 13.2 Å². The summed E-state index contributed by atoms with van der Waals surface area (Å²) in [7, 11) is 0. The van der Waals surface area contributed by atoms with Gasteiger partial charge in [0.05, 0.1) is 11.3 Å². The fraction of sp³-hybridized carbons (Fsp3) is 0.222. The van der Waals surface area contributed by atoms with Gasteiger partial charge in [0.2, 0.25) is 0 Å². The van der Waals surface area contributed by atoms with E-state index in [1.54, 1.807) is 6.92 Å². The number of carbonyl (C=O) groups excluding carboxylic acids is 1. The maximum atomic E-state index is 12.8. The van der Waals surface area contributed by atoms with E-state index in [4.69, 9.17) is 21.4 Å². The second-order valence-corrected chi connectivity index (χ2v) is 5.96. The summed E-state index contributed by atoms with van der Waals surface area (Å²) in [6.07, 6.45) is -5.58. The molecular weight excluding hydrogens is 387 g/mol. The number of ether oxygens (including phenoxy) is 1. The molecule has 2 aromatic rings. The molecule has 1 amide bonds. The van der Waals surface area contributed by atoms with Crippen LogP contribution in [0.2, 0.25) is 5.02 Å². The zero-order valence-electron chi connectivity index (χ0n) is 14.0. The van der Waals surface area contributed by atoms with Crippen LogP contribution in [0, 0.1) is 0 Å². The van der Waals surface area contributed by atoms with Crippen LogP contribution in [0.4, 0.5) is 18.9 Å². The van der Waals surface area contributed by atoms with Crippen molar-refractivity contribution in [3.05, 3.63) is 58.6 Å². The number of carboxylic acid groups (broad SMARTS) is 1. The van der Waals surface area contributed by atoms with Crippen LogP contribution in [0.15, 0.2) is 42.5 Å². The topological polar surface area (TPSA) is 75.6 Å². The van der Waals surface area contributed by atoms with E-state index in [0.29, 0.717) is 6.07 Å². The molecule has 0 saturated heterocycles. The normalized spacial score (nSPS) is 12.3. The molecule has 5 nitrogen and oxygen atoms in total. The molecule has 0 aromatic heterocycles. The van der Waals surface area contributed by atoms with Crippen molar-refractivity contribution >= 4 is 29.2 Å². The minimum absolute atomic E-state index is 0.0361. The number of anilines is 1. The fourth-order valence-corrected chi connectivity index (χ4v) is 2.37. The third kappa shape index (κ3) is 5.37. The molecular formula is C18H15ClF3NO4. The lowest BCUT2D eigenvalue weighted by molar-refractivity contribution is -0.145. The van der Waals surface area contributed by atoms with Crippen molar-refractivity contribution in [1.29, 1.82) is 0 Å². The van der Waals surface area contributed by atoms with Crippen LogP contribution in [-0.2, 0) is 11.0 Å². The third-order valence-electron chi connectivity index (χ3n) is 3.56. The van der Waals surface area contributed by atoms with Gasteiger partial charge >= 0.3 is 12.1 Å². The van der Waals surface area contributed by atoms with Crippen molar-refractivity contribution in [1.82, 2.24) is 0 Å². The second-order valence-electron chi connectivity index (χ2n) is 5.53. The molecule has 27 heavy (non-hydrogen) atoms. The molecule has 2 rings (SSSR count). The lowest BCUT2D eigenvalue weighted by Gasteiger charge is -2.17. The molecule has 0 heterocycles. The largest absolute Gasteiger partial charge is 0.479 e. The van der Waals surface area contributed by atoms with Crippen molar-refractivity contribution in [2.24, 2.45) is 0 Å². The second kappa shape index (κ2) is 8.30. The molecule has 0 bridgehead atoms. The summed E-state index contributed by atoms with van der Waals surface area (Å²) in [6, 6.07) is 8.03. The SMILES string of the molecule is CCC(Oc1ccc(Cl)cc1NC(=O)c1cccc(C(F)(F)F)c1)C(=O)O. The van der Waals surface area contributed by atoms with Crippen LogP contribution in [0.5, 0.6) is 5.75 Å². The predicted octanol–water partition coefficient (Wildman–Crippen LogP) is 4.85. The van der Waals surface area contributed by atoms with Gasteiger partial charge in [-0.15, -0.1) is 0 Å². The summed E-state index contributed by atoms with van der Waals surface area (Å²) in [6.45, 7) is 1.61. The Hall–Kier alpha value is -2.74. The van der Waals surface area contributed by atoms with Crippen molar-refractivity contribution < 1.29 is 32.6 Å². The van der Waals surface area contributed by atoms with E-state index in [2.05, 4.69) is 5.32 Å². The number of rotatable bonds is 6. The molecule has 9 heteroatoms. The predicted molar refractivity (Wildman–Crippen MR) is 93.2 cm³/mol. The van der Waals surface area contributed by atoms with Crippen LogP contribution in [0.3, 0.4) is 0 Å². The summed E-state index contributed by atoms with van der Waals surface area (Å²) >= 11 is 5.89. The first-order chi connectivity index (χ1) is 12.6. The summed E-state index contributed by atoms with van der Waals surface area (Å²) < 4.78 is 43.8. The Morgan fingerprint density at radius 2 is 1.93 bits per heavy atom. The Labute approximate surface area is 157 Å². The fourth-order valence-electron chi connectivity index (χ4n) is 2.20. The number of alkyl halides is 3. The Morgan fingerprint density at radius 3 is 2.52 bits per heavy atom. The van der Waals surface area contributed by atoms with Gasteiger partial charge < -0.3 is 15.2 Å². The summed E-state index contributed by atoms with van der Waals surface area (Å²) in [5.74, 6) is -1.98. The minimum Gasteiger partial charge on any atom is -0.479 e. The van der Waals surface area contributed by atoms with Gasteiger partial charge in [-0.1, -0.05) is 24.6 Å². The Kier molecular flexibility index (Phi) is 6.32. The highest BCUT2D eigenvalue weighted by Gasteiger charge is 2.31. The monoisotopic (exact) mass is 401 g/mol. The van der Waals surface area contributed by atoms with Crippen LogP contribution < -0.4 is 10.1 Å². The average molecular weight is 402 g/mol. The molecule has 2 aromatic carbocycles. The van der Waals surface area contributed by atoms with Gasteiger partial charge in [-0.05, 0) is 42.8 Å². The van der Waals surface area contributed by atoms with Gasteiger partial charge in [0.25, 0.3) is 5.91 Å². The standard InChI is InChI=1S/C18H15ClF3NO4/c1-2-14(17(25)26)27-15-7-6-12(19)9-13(15)23-16(24)10-4-3-5-11(8-10)18(20,21)22/h3-9,14H,2H2,1H3,(H,23,24)(H,25,26). The number of aliphatic carboxylic acids is 1. The highest BCUT2D eigenvalue weighted by molar-refractivity contribution is 6.31. The molecule has 0 fully saturated rings. The lowest BCUT2D eigenvalue weighted by atomic mass is 10.1. The minimum atomic E-state index is -4.59. The van der Waals surface area contributed by atoms with Crippen LogP contribution >= 0.6 is 11.6 Å². The zero-order valence-corrected chi connectivity index (χ0v) is 14.8. The van der Waals surface area contributed by atoms with Gasteiger partial charge in [-0.25, -0.2) is 4.79 Å². The Bertz CT molecular complexity index is 855. The van der Waals surface area contributed by atoms with E-state index >= 15 is 0 Å². The van der Waals surface area contributed by atoms with Crippen LogP contribution in [-0.4, -0.2) is 23.1 Å². The molecule has 0 aliphatic heterocycles. The smallest absolute Gasteiger partial charge is 0.416 e. The molecule has 1 atom stereocenters. The first-order valence-electron chi connectivity index (χ1n) is 7.79. The number of amides is 1. The molecule has 144 valence electrons. The number of benzene rings is 2.